The van der Waals surface area contributed by atoms with E-state index in [1.54, 1.807) is 4.68 Å². The van der Waals surface area contributed by atoms with Crippen LogP contribution >= 0.6 is 15.9 Å². The number of hydrogen-bond acceptors (Lipinski definition) is 4. The van der Waals surface area contributed by atoms with Gasteiger partial charge in [-0.2, -0.15) is 4.98 Å². The molecule has 1 aromatic heterocycles. The van der Waals surface area contributed by atoms with Gasteiger partial charge in [-0.1, -0.05) is 24.3 Å². The van der Waals surface area contributed by atoms with Crippen molar-refractivity contribution in [3.8, 4) is 0 Å². The lowest BCUT2D eigenvalue weighted by Crippen LogP contribution is -2.21. The van der Waals surface area contributed by atoms with E-state index in [0.29, 0.717) is 11.3 Å². The fraction of sp³-hybridized carbons (Fsp3) is 0.333. The molecule has 2 heterocycles. The van der Waals surface area contributed by atoms with Crippen LogP contribution in [-0.2, 0) is 17.7 Å². The smallest absolute Gasteiger partial charge is 0.240 e. The molecule has 1 aromatic carbocycles. The Morgan fingerprint density at radius 3 is 3.06 bits per heavy atom. The minimum Gasteiger partial charge on any atom is -0.371 e. The minimum atomic E-state index is 0.00681. The molecule has 0 spiro atoms. The van der Waals surface area contributed by atoms with Crippen molar-refractivity contribution in [3.05, 3.63) is 40.1 Å². The zero-order valence-electron chi connectivity index (χ0n) is 9.71. The van der Waals surface area contributed by atoms with Crippen molar-refractivity contribution in [1.29, 1.82) is 0 Å². The molecule has 0 bridgehead atoms. The maximum atomic E-state index is 5.82. The van der Waals surface area contributed by atoms with Crippen LogP contribution in [0.1, 0.15) is 17.2 Å². The summed E-state index contributed by atoms with van der Waals surface area (Å²) in [6.07, 6.45) is 0.972. The second kappa shape index (κ2) is 4.70. The first kappa shape index (κ1) is 11.7. The number of nitrogens with zero attached hydrogens (tertiary/aromatic N) is 3. The van der Waals surface area contributed by atoms with E-state index in [9.17, 15) is 0 Å². The molecule has 0 aliphatic carbocycles. The summed E-state index contributed by atoms with van der Waals surface area (Å²) >= 11 is 3.34. The van der Waals surface area contributed by atoms with Gasteiger partial charge in [-0.3, -0.25) is 0 Å². The molecule has 2 N–H and O–H groups in total. The van der Waals surface area contributed by atoms with E-state index >= 15 is 0 Å². The van der Waals surface area contributed by atoms with Gasteiger partial charge < -0.3 is 10.5 Å². The Morgan fingerprint density at radius 1 is 1.44 bits per heavy atom. The first-order valence-electron chi connectivity index (χ1n) is 5.79. The number of fused-ring (bicyclic) bond motifs is 1. The highest BCUT2D eigenvalue weighted by molar-refractivity contribution is 9.10. The molecule has 5 nitrogen and oxygen atoms in total. The third-order valence-corrected chi connectivity index (χ3v) is 3.66. The largest absolute Gasteiger partial charge is 0.371 e. The van der Waals surface area contributed by atoms with E-state index < -0.39 is 0 Å². The van der Waals surface area contributed by atoms with Gasteiger partial charge >= 0.3 is 0 Å². The number of nitrogen functional groups attached to an aromatic ring is 1. The first-order chi connectivity index (χ1) is 8.74. The van der Waals surface area contributed by atoms with E-state index in [0.717, 1.165) is 13.0 Å². The Morgan fingerprint density at radius 2 is 2.28 bits per heavy atom. The summed E-state index contributed by atoms with van der Waals surface area (Å²) in [5.41, 5.74) is 8.14. The lowest BCUT2D eigenvalue weighted by atomic mass is 9.98. The van der Waals surface area contributed by atoms with E-state index in [1.165, 1.54) is 11.1 Å². The van der Waals surface area contributed by atoms with Crippen LogP contribution in [0.3, 0.4) is 0 Å². The van der Waals surface area contributed by atoms with Crippen LogP contribution in [0.5, 0.6) is 0 Å². The summed E-state index contributed by atoms with van der Waals surface area (Å²) in [5.74, 6) is 0.269. The first-order valence-corrected chi connectivity index (χ1v) is 6.58. The monoisotopic (exact) mass is 308 g/mol. The van der Waals surface area contributed by atoms with Crippen LogP contribution in [0, 0.1) is 0 Å². The van der Waals surface area contributed by atoms with Gasteiger partial charge in [0, 0.05) is 0 Å². The second-order valence-electron chi connectivity index (χ2n) is 4.23. The van der Waals surface area contributed by atoms with Gasteiger partial charge in [0.1, 0.15) is 6.10 Å². The van der Waals surface area contributed by atoms with Gasteiger partial charge in [0.05, 0.1) is 13.2 Å². The van der Waals surface area contributed by atoms with Crippen molar-refractivity contribution in [2.24, 2.45) is 0 Å². The van der Waals surface area contributed by atoms with Crippen molar-refractivity contribution in [3.63, 3.8) is 0 Å². The molecule has 0 fully saturated rings. The van der Waals surface area contributed by atoms with Crippen LogP contribution in [0.25, 0.3) is 0 Å². The molecule has 6 heteroatoms. The standard InChI is InChI=1S/C12H13BrN4O/c13-11-15-12(14)16-17(11)7-10-9-4-2-1-3-8(9)5-6-18-10/h1-4,10H,5-7H2,(H2,14,16). The lowest BCUT2D eigenvalue weighted by Gasteiger charge is -2.25. The summed E-state index contributed by atoms with van der Waals surface area (Å²) in [6.45, 7) is 1.35. The molecule has 1 atom stereocenters. The predicted molar refractivity (Wildman–Crippen MR) is 71.0 cm³/mol. The molecule has 0 saturated carbocycles. The van der Waals surface area contributed by atoms with Gasteiger partial charge in [-0.25, -0.2) is 4.68 Å². The summed E-state index contributed by atoms with van der Waals surface area (Å²) in [4.78, 5) is 4.02. The predicted octanol–water partition coefficient (Wildman–Crippen LogP) is 1.94. The number of nitrogens with two attached hydrogens (primary N) is 1. The summed E-state index contributed by atoms with van der Waals surface area (Å²) in [5, 5.41) is 4.13. The average Bonchev–Trinajstić information content (AvgIpc) is 2.68. The molecule has 94 valence electrons. The molecule has 0 radical (unpaired) electrons. The Balaban J connectivity index is 1.88. The molecule has 1 aliphatic heterocycles. The zero-order chi connectivity index (χ0) is 12.5. The average molecular weight is 309 g/mol. The van der Waals surface area contributed by atoms with Gasteiger partial charge in [-0.05, 0) is 33.5 Å². The topological polar surface area (TPSA) is 66.0 Å². The van der Waals surface area contributed by atoms with E-state index in [1.807, 2.05) is 6.07 Å². The SMILES string of the molecule is Nc1nc(Br)n(CC2OCCc3ccccc32)n1. The van der Waals surface area contributed by atoms with Crippen molar-refractivity contribution in [2.45, 2.75) is 19.1 Å². The normalized spacial score (nSPS) is 18.6. The number of hydrogen-bond donors (Lipinski definition) is 1. The maximum Gasteiger partial charge on any atom is 0.240 e. The molecule has 1 unspecified atom stereocenters. The lowest BCUT2D eigenvalue weighted by molar-refractivity contribution is 0.0278. The molecular weight excluding hydrogens is 296 g/mol. The molecule has 18 heavy (non-hydrogen) atoms. The summed E-state index contributed by atoms with van der Waals surface area (Å²) in [6, 6.07) is 8.35. The number of benzene rings is 1. The molecular formula is C12H13BrN4O. The highest BCUT2D eigenvalue weighted by Gasteiger charge is 2.22. The van der Waals surface area contributed by atoms with Crippen molar-refractivity contribution >= 4 is 21.9 Å². The van der Waals surface area contributed by atoms with Gasteiger partial charge in [0.15, 0.2) is 4.73 Å². The van der Waals surface area contributed by atoms with E-state index in [2.05, 4.69) is 44.2 Å². The number of anilines is 1. The van der Waals surface area contributed by atoms with Crippen LogP contribution < -0.4 is 5.73 Å². The fourth-order valence-electron chi connectivity index (χ4n) is 2.24. The van der Waals surface area contributed by atoms with E-state index in [-0.39, 0.29) is 12.1 Å². The number of aromatic nitrogens is 3. The van der Waals surface area contributed by atoms with Crippen molar-refractivity contribution in [1.82, 2.24) is 14.8 Å². The van der Waals surface area contributed by atoms with Crippen LogP contribution in [0.4, 0.5) is 5.95 Å². The highest BCUT2D eigenvalue weighted by atomic mass is 79.9. The summed E-state index contributed by atoms with van der Waals surface area (Å²) < 4.78 is 8.18. The molecule has 1 aliphatic rings. The zero-order valence-corrected chi connectivity index (χ0v) is 11.3. The number of halogens is 1. The van der Waals surface area contributed by atoms with Crippen molar-refractivity contribution in [2.75, 3.05) is 12.3 Å². The molecule has 2 aromatic rings. The van der Waals surface area contributed by atoms with Gasteiger partial charge in [-0.15, -0.1) is 5.10 Å². The number of ether oxygens (including phenoxy) is 1. The second-order valence-corrected chi connectivity index (χ2v) is 4.94. The van der Waals surface area contributed by atoms with Crippen molar-refractivity contribution < 1.29 is 4.74 Å². The van der Waals surface area contributed by atoms with E-state index in [4.69, 9.17) is 10.5 Å². The van der Waals surface area contributed by atoms with Gasteiger partial charge in [0.25, 0.3) is 0 Å². The summed E-state index contributed by atoms with van der Waals surface area (Å²) in [7, 11) is 0. The maximum absolute atomic E-state index is 5.82. The highest BCUT2D eigenvalue weighted by Crippen LogP contribution is 2.28. The quantitative estimate of drug-likeness (QED) is 0.920. The fourth-order valence-corrected chi connectivity index (χ4v) is 2.65. The Hall–Kier alpha value is -1.40. The van der Waals surface area contributed by atoms with Crippen LogP contribution in [-0.4, -0.2) is 21.4 Å². The Labute approximate surface area is 113 Å². The molecule has 0 saturated heterocycles. The number of rotatable bonds is 2. The minimum absolute atomic E-state index is 0.00681. The third-order valence-electron chi connectivity index (χ3n) is 3.07. The third kappa shape index (κ3) is 2.13. The van der Waals surface area contributed by atoms with Crippen LogP contribution in [0.2, 0.25) is 0 Å². The Kier molecular flexibility index (Phi) is 3.05. The van der Waals surface area contributed by atoms with Crippen LogP contribution in [0.15, 0.2) is 29.0 Å². The molecule has 3 rings (SSSR count). The van der Waals surface area contributed by atoms with Gasteiger partial charge in [0.2, 0.25) is 5.95 Å². The Bertz CT molecular complexity index is 569. The molecule has 0 amide bonds.